The minimum atomic E-state index is -3.99. The van der Waals surface area contributed by atoms with E-state index in [0.29, 0.717) is 11.3 Å². The summed E-state index contributed by atoms with van der Waals surface area (Å²) < 4.78 is 28.2. The van der Waals surface area contributed by atoms with E-state index in [0.717, 1.165) is 22.1 Å². The normalized spacial score (nSPS) is 28.2. The van der Waals surface area contributed by atoms with Crippen molar-refractivity contribution in [2.45, 2.75) is 56.4 Å². The number of nitrogens with one attached hydrogen (secondary N) is 1. The highest BCUT2D eigenvalue weighted by Gasteiger charge is 2.53. The van der Waals surface area contributed by atoms with Gasteiger partial charge in [-0.25, -0.2) is 8.42 Å². The van der Waals surface area contributed by atoms with Crippen molar-refractivity contribution in [3.8, 4) is 6.07 Å². The Bertz CT molecular complexity index is 1170. The predicted octanol–water partition coefficient (Wildman–Crippen LogP) is 4.47. The Balaban J connectivity index is 1.36. The van der Waals surface area contributed by atoms with Crippen molar-refractivity contribution in [3.63, 3.8) is 0 Å². The molecule has 4 saturated carbocycles. The van der Waals surface area contributed by atoms with E-state index in [1.165, 1.54) is 62.8 Å². The van der Waals surface area contributed by atoms with E-state index in [1.807, 2.05) is 12.1 Å². The highest BCUT2D eigenvalue weighted by atomic mass is 32.2. The van der Waals surface area contributed by atoms with Crippen LogP contribution in [-0.4, -0.2) is 26.9 Å². The number of para-hydroxylation sites is 1. The Morgan fingerprint density at radius 3 is 2.12 bits per heavy atom. The number of hydrogen-bond acceptors (Lipinski definition) is 4. The van der Waals surface area contributed by atoms with Gasteiger partial charge in [-0.1, -0.05) is 18.2 Å². The van der Waals surface area contributed by atoms with Gasteiger partial charge in [-0.15, -0.1) is 0 Å². The molecule has 7 heteroatoms. The summed E-state index contributed by atoms with van der Waals surface area (Å²) in [7, 11) is -3.99. The van der Waals surface area contributed by atoms with Crippen LogP contribution in [0.4, 0.5) is 5.69 Å². The van der Waals surface area contributed by atoms with Crippen LogP contribution in [0, 0.1) is 34.5 Å². The topological polar surface area (TPSA) is 90.3 Å². The summed E-state index contributed by atoms with van der Waals surface area (Å²) in [6.07, 6.45) is 7.53. The minimum absolute atomic E-state index is 0.0173. The van der Waals surface area contributed by atoms with Gasteiger partial charge in [0.1, 0.15) is 6.54 Å². The quantitative estimate of drug-likeness (QED) is 0.637. The number of carbonyl (C=O) groups excluding carboxylic acids is 1. The number of nitriles is 1. The molecule has 0 spiro atoms. The number of benzene rings is 2. The molecule has 6 rings (SSSR count). The van der Waals surface area contributed by atoms with Crippen LogP contribution >= 0.6 is 0 Å². The van der Waals surface area contributed by atoms with Crippen LogP contribution in [0.5, 0.6) is 0 Å². The summed E-state index contributed by atoms with van der Waals surface area (Å²) in [6.45, 7) is 1.82. The van der Waals surface area contributed by atoms with E-state index >= 15 is 0 Å². The van der Waals surface area contributed by atoms with E-state index in [-0.39, 0.29) is 28.8 Å². The van der Waals surface area contributed by atoms with Gasteiger partial charge in [-0.2, -0.15) is 5.26 Å². The van der Waals surface area contributed by atoms with Gasteiger partial charge in [-0.05, 0) is 105 Å². The Labute approximate surface area is 202 Å². The summed E-state index contributed by atoms with van der Waals surface area (Å²) >= 11 is 0. The lowest BCUT2D eigenvalue weighted by atomic mass is 9.48. The van der Waals surface area contributed by atoms with E-state index in [4.69, 9.17) is 5.26 Å². The van der Waals surface area contributed by atoms with Crippen LogP contribution in [0.1, 0.15) is 51.0 Å². The van der Waals surface area contributed by atoms with E-state index < -0.39 is 10.0 Å². The summed E-state index contributed by atoms with van der Waals surface area (Å²) in [5.74, 6) is 2.05. The molecule has 4 bridgehead atoms. The Kier molecular flexibility index (Phi) is 5.89. The van der Waals surface area contributed by atoms with Crippen LogP contribution in [0.3, 0.4) is 0 Å². The molecule has 1 N–H and O–H groups in total. The second kappa shape index (κ2) is 8.74. The molecule has 4 fully saturated rings. The molecule has 4 aliphatic carbocycles. The standard InChI is InChI=1S/C27H31N3O3S/c1-19(27-14-21-11-22(15-27)13-23(12-21)16-27)29-26(31)18-30(24-5-3-2-4-6-24)34(32,33)25-9-7-20(17-28)8-10-25/h2-10,19,21-23H,11-16,18H2,1H3,(H,29,31)/t19-,21?,22?,23?,27?/m0/s1. The molecule has 4 aliphatic rings. The molecule has 0 aliphatic heterocycles. The molecule has 34 heavy (non-hydrogen) atoms. The molecule has 0 unspecified atom stereocenters. The first-order valence-corrected chi connectivity index (χ1v) is 13.6. The van der Waals surface area contributed by atoms with Gasteiger partial charge in [-0.3, -0.25) is 9.10 Å². The zero-order valence-corrected chi connectivity index (χ0v) is 20.3. The Morgan fingerprint density at radius 2 is 1.59 bits per heavy atom. The number of nitrogens with zero attached hydrogens (tertiary/aromatic N) is 2. The highest BCUT2D eigenvalue weighted by molar-refractivity contribution is 7.92. The lowest BCUT2D eigenvalue weighted by Gasteiger charge is -2.59. The van der Waals surface area contributed by atoms with Gasteiger partial charge in [0.25, 0.3) is 10.0 Å². The SMILES string of the molecule is C[C@H](NC(=O)CN(c1ccccc1)S(=O)(=O)c1ccc(C#N)cc1)C12CC3CC(CC(C3)C1)C2. The molecule has 0 heterocycles. The third-order valence-electron chi connectivity index (χ3n) is 8.28. The van der Waals surface area contributed by atoms with Gasteiger partial charge >= 0.3 is 0 Å². The minimum Gasteiger partial charge on any atom is -0.352 e. The van der Waals surface area contributed by atoms with Crippen molar-refractivity contribution in [1.29, 1.82) is 5.26 Å². The first-order valence-electron chi connectivity index (χ1n) is 12.2. The van der Waals surface area contributed by atoms with Crippen molar-refractivity contribution in [2.24, 2.45) is 23.2 Å². The average Bonchev–Trinajstić information content (AvgIpc) is 2.82. The van der Waals surface area contributed by atoms with E-state index in [2.05, 4.69) is 12.2 Å². The largest absolute Gasteiger partial charge is 0.352 e. The molecule has 178 valence electrons. The molecule has 0 aromatic heterocycles. The molecular weight excluding hydrogens is 446 g/mol. The fourth-order valence-electron chi connectivity index (χ4n) is 7.02. The van der Waals surface area contributed by atoms with Gasteiger partial charge in [0, 0.05) is 6.04 Å². The van der Waals surface area contributed by atoms with Crippen LogP contribution in [-0.2, 0) is 14.8 Å². The van der Waals surface area contributed by atoms with Crippen LogP contribution < -0.4 is 9.62 Å². The maximum atomic E-state index is 13.5. The lowest BCUT2D eigenvalue weighted by molar-refractivity contribution is -0.124. The maximum absolute atomic E-state index is 13.5. The average molecular weight is 478 g/mol. The number of sulfonamides is 1. The Hall–Kier alpha value is -2.85. The number of carbonyl (C=O) groups is 1. The van der Waals surface area contributed by atoms with Gasteiger partial charge in [0.15, 0.2) is 0 Å². The third kappa shape index (κ3) is 4.20. The number of amides is 1. The van der Waals surface area contributed by atoms with Crippen molar-refractivity contribution in [2.75, 3.05) is 10.8 Å². The first-order chi connectivity index (χ1) is 16.3. The van der Waals surface area contributed by atoms with Crippen molar-refractivity contribution in [3.05, 3.63) is 60.2 Å². The molecule has 6 nitrogen and oxygen atoms in total. The smallest absolute Gasteiger partial charge is 0.264 e. The lowest BCUT2D eigenvalue weighted by Crippen LogP contribution is -2.57. The van der Waals surface area contributed by atoms with Crippen LogP contribution in [0.25, 0.3) is 0 Å². The van der Waals surface area contributed by atoms with E-state index in [9.17, 15) is 13.2 Å². The second-order valence-electron chi connectivity index (χ2n) is 10.6. The third-order valence-corrected chi connectivity index (χ3v) is 10.1. The molecule has 2 aromatic rings. The summed E-state index contributed by atoms with van der Waals surface area (Å²) in [4.78, 5) is 13.3. The molecule has 1 atom stereocenters. The first kappa shape index (κ1) is 22.9. The maximum Gasteiger partial charge on any atom is 0.264 e. The zero-order valence-electron chi connectivity index (χ0n) is 19.5. The molecular formula is C27H31N3O3S. The monoisotopic (exact) mass is 477 g/mol. The molecule has 2 aromatic carbocycles. The second-order valence-corrected chi connectivity index (χ2v) is 12.4. The van der Waals surface area contributed by atoms with E-state index in [1.54, 1.807) is 24.3 Å². The van der Waals surface area contributed by atoms with Gasteiger partial charge in [0.2, 0.25) is 5.91 Å². The number of rotatable bonds is 7. The van der Waals surface area contributed by atoms with Gasteiger partial charge < -0.3 is 5.32 Å². The van der Waals surface area contributed by atoms with Crippen molar-refractivity contribution in [1.82, 2.24) is 5.32 Å². The fourth-order valence-corrected chi connectivity index (χ4v) is 8.44. The summed E-state index contributed by atoms with van der Waals surface area (Å²) in [5, 5.41) is 12.2. The van der Waals surface area contributed by atoms with Crippen LogP contribution in [0.15, 0.2) is 59.5 Å². The molecule has 0 saturated heterocycles. The van der Waals surface area contributed by atoms with Crippen LogP contribution in [0.2, 0.25) is 0 Å². The van der Waals surface area contributed by atoms with Crippen molar-refractivity contribution >= 4 is 21.6 Å². The summed E-state index contributed by atoms with van der Waals surface area (Å²) in [5.41, 5.74) is 0.963. The molecule has 0 radical (unpaired) electrons. The predicted molar refractivity (Wildman–Crippen MR) is 130 cm³/mol. The number of anilines is 1. The van der Waals surface area contributed by atoms with Gasteiger partial charge in [0.05, 0.1) is 22.2 Å². The zero-order chi connectivity index (χ0) is 23.9. The number of hydrogen-bond donors (Lipinski definition) is 1. The summed E-state index contributed by atoms with van der Waals surface area (Å²) in [6, 6.07) is 16.5. The Morgan fingerprint density at radius 1 is 1.03 bits per heavy atom. The molecule has 1 amide bonds. The highest BCUT2D eigenvalue weighted by Crippen LogP contribution is 2.61. The fraction of sp³-hybridized carbons (Fsp3) is 0.481. The van der Waals surface area contributed by atoms with Crippen molar-refractivity contribution < 1.29 is 13.2 Å².